The maximum Gasteiger partial charge on any atom is 0.305 e. The first-order chi connectivity index (χ1) is 13.7. The van der Waals surface area contributed by atoms with Crippen molar-refractivity contribution in [2.24, 2.45) is 0 Å². The number of unbranched alkanes of at least 4 members (excludes halogenated alkanes) is 13. The summed E-state index contributed by atoms with van der Waals surface area (Å²) in [4.78, 5) is 23.3. The normalized spacial score (nSPS) is 10.8. The van der Waals surface area contributed by atoms with Gasteiger partial charge in [0.05, 0.1) is 13.2 Å². The third kappa shape index (κ3) is 21.2. The van der Waals surface area contributed by atoms with Crippen LogP contribution in [-0.2, 0) is 19.1 Å². The predicted molar refractivity (Wildman–Crippen MR) is 116 cm³/mol. The zero-order valence-corrected chi connectivity index (χ0v) is 18.8. The Hall–Kier alpha value is -1.06. The van der Waals surface area contributed by atoms with E-state index in [1.807, 2.05) is 0 Å². The zero-order chi connectivity index (χ0) is 20.7. The predicted octanol–water partition coefficient (Wildman–Crippen LogP) is 7.13. The number of hydrogen-bond donors (Lipinski definition) is 0. The van der Waals surface area contributed by atoms with Gasteiger partial charge in [-0.1, -0.05) is 90.9 Å². The second-order valence-electron chi connectivity index (χ2n) is 7.89. The van der Waals surface area contributed by atoms with Crippen molar-refractivity contribution in [3.8, 4) is 0 Å². The number of rotatable bonds is 21. The molecule has 0 unspecified atom stereocenters. The summed E-state index contributed by atoms with van der Waals surface area (Å²) in [6, 6.07) is 0. The molecule has 0 saturated carbocycles. The van der Waals surface area contributed by atoms with E-state index in [-0.39, 0.29) is 11.9 Å². The van der Waals surface area contributed by atoms with Crippen molar-refractivity contribution in [1.29, 1.82) is 0 Å². The summed E-state index contributed by atoms with van der Waals surface area (Å²) in [7, 11) is 0. The van der Waals surface area contributed by atoms with Gasteiger partial charge in [0, 0.05) is 12.8 Å². The molecule has 28 heavy (non-hydrogen) atoms. The van der Waals surface area contributed by atoms with Crippen LogP contribution in [0.5, 0.6) is 0 Å². The van der Waals surface area contributed by atoms with Crippen LogP contribution >= 0.6 is 0 Å². The molecule has 0 fully saturated rings. The Morgan fingerprint density at radius 2 is 0.786 bits per heavy atom. The standard InChI is InChI=1S/C24H46O4/c1-3-5-7-9-13-17-21-27-23(25)19-15-11-12-16-20-24(26)28-22-18-14-10-8-6-4-2/h3-22H2,1-2H3. The van der Waals surface area contributed by atoms with Gasteiger partial charge in [-0.3, -0.25) is 9.59 Å². The fourth-order valence-electron chi connectivity index (χ4n) is 3.17. The molecule has 0 heterocycles. The van der Waals surface area contributed by atoms with Crippen LogP contribution in [0.15, 0.2) is 0 Å². The van der Waals surface area contributed by atoms with Crippen molar-refractivity contribution in [3.05, 3.63) is 0 Å². The fourth-order valence-corrected chi connectivity index (χ4v) is 3.17. The van der Waals surface area contributed by atoms with Gasteiger partial charge < -0.3 is 9.47 Å². The molecule has 0 radical (unpaired) electrons. The number of hydrogen-bond acceptors (Lipinski definition) is 4. The highest BCUT2D eigenvalue weighted by atomic mass is 16.5. The molecule has 0 aliphatic carbocycles. The molecule has 0 aromatic rings. The van der Waals surface area contributed by atoms with Crippen molar-refractivity contribution in [1.82, 2.24) is 0 Å². The zero-order valence-electron chi connectivity index (χ0n) is 18.8. The van der Waals surface area contributed by atoms with Crippen LogP contribution < -0.4 is 0 Å². The lowest BCUT2D eigenvalue weighted by Gasteiger charge is -2.06. The number of carbonyl (C=O) groups is 2. The number of ether oxygens (including phenoxy) is 2. The second kappa shape index (κ2) is 22.2. The van der Waals surface area contributed by atoms with Crippen LogP contribution in [0.2, 0.25) is 0 Å². The van der Waals surface area contributed by atoms with Crippen LogP contribution in [-0.4, -0.2) is 25.2 Å². The van der Waals surface area contributed by atoms with E-state index in [9.17, 15) is 9.59 Å². The molecule has 0 aliphatic heterocycles. The van der Waals surface area contributed by atoms with Gasteiger partial charge in [0.25, 0.3) is 0 Å². The Labute approximate surface area is 174 Å². The summed E-state index contributed by atoms with van der Waals surface area (Å²) in [6.45, 7) is 5.56. The van der Waals surface area contributed by atoms with Gasteiger partial charge in [-0.2, -0.15) is 0 Å². The molecule has 0 saturated heterocycles. The molecule has 0 atom stereocenters. The summed E-state index contributed by atoms with van der Waals surface area (Å²) in [6.07, 6.45) is 19.1. The Kier molecular flexibility index (Phi) is 21.4. The number of esters is 2. The van der Waals surface area contributed by atoms with E-state index in [0.29, 0.717) is 26.1 Å². The molecule has 0 N–H and O–H groups in total. The Balaban J connectivity index is 3.28. The van der Waals surface area contributed by atoms with E-state index < -0.39 is 0 Å². The summed E-state index contributed by atoms with van der Waals surface area (Å²) in [5.41, 5.74) is 0. The Morgan fingerprint density at radius 1 is 0.464 bits per heavy atom. The van der Waals surface area contributed by atoms with Gasteiger partial charge >= 0.3 is 11.9 Å². The SMILES string of the molecule is CCCCCCCCOC(=O)CCCCCCC(=O)OCCCCCCCC. The fraction of sp³-hybridized carbons (Fsp3) is 0.917. The molecule has 0 aliphatic rings. The van der Waals surface area contributed by atoms with Crippen molar-refractivity contribution in [2.75, 3.05) is 13.2 Å². The molecule has 0 amide bonds. The minimum atomic E-state index is -0.0769. The van der Waals surface area contributed by atoms with E-state index in [1.165, 1.54) is 51.4 Å². The van der Waals surface area contributed by atoms with E-state index in [4.69, 9.17) is 9.47 Å². The quantitative estimate of drug-likeness (QED) is 0.152. The smallest absolute Gasteiger partial charge is 0.305 e. The maximum absolute atomic E-state index is 11.7. The molecular formula is C24H46O4. The molecule has 0 aromatic heterocycles. The summed E-state index contributed by atoms with van der Waals surface area (Å²) in [5.74, 6) is -0.154. The second-order valence-corrected chi connectivity index (χ2v) is 7.89. The third-order valence-corrected chi connectivity index (χ3v) is 5.03. The molecule has 0 spiro atoms. The van der Waals surface area contributed by atoms with Gasteiger partial charge in [-0.05, 0) is 25.7 Å². The maximum atomic E-state index is 11.7. The van der Waals surface area contributed by atoms with E-state index in [2.05, 4.69) is 13.8 Å². The average Bonchev–Trinajstić information content (AvgIpc) is 2.69. The highest BCUT2D eigenvalue weighted by Crippen LogP contribution is 2.09. The molecule has 166 valence electrons. The minimum absolute atomic E-state index is 0.0769. The van der Waals surface area contributed by atoms with Crippen LogP contribution in [0.3, 0.4) is 0 Å². The van der Waals surface area contributed by atoms with Crippen molar-refractivity contribution < 1.29 is 19.1 Å². The first-order valence-electron chi connectivity index (χ1n) is 12.0. The summed E-state index contributed by atoms with van der Waals surface area (Å²) in [5, 5.41) is 0. The lowest BCUT2D eigenvalue weighted by atomic mass is 10.1. The molecule has 0 rings (SSSR count). The third-order valence-electron chi connectivity index (χ3n) is 5.03. The van der Waals surface area contributed by atoms with Gasteiger partial charge in [-0.15, -0.1) is 0 Å². The summed E-state index contributed by atoms with van der Waals surface area (Å²) < 4.78 is 10.5. The Morgan fingerprint density at radius 3 is 1.18 bits per heavy atom. The summed E-state index contributed by atoms with van der Waals surface area (Å²) >= 11 is 0. The molecule has 4 nitrogen and oxygen atoms in total. The molecule has 0 bridgehead atoms. The lowest BCUT2D eigenvalue weighted by Crippen LogP contribution is -2.06. The van der Waals surface area contributed by atoms with Gasteiger partial charge in [0.2, 0.25) is 0 Å². The van der Waals surface area contributed by atoms with Gasteiger partial charge in [0.15, 0.2) is 0 Å². The van der Waals surface area contributed by atoms with Crippen LogP contribution in [0, 0.1) is 0 Å². The number of carbonyl (C=O) groups excluding carboxylic acids is 2. The van der Waals surface area contributed by atoms with Gasteiger partial charge in [-0.25, -0.2) is 0 Å². The van der Waals surface area contributed by atoms with Crippen LogP contribution in [0.1, 0.15) is 129 Å². The first-order valence-corrected chi connectivity index (χ1v) is 12.0. The van der Waals surface area contributed by atoms with Crippen molar-refractivity contribution in [2.45, 2.75) is 129 Å². The van der Waals surface area contributed by atoms with E-state index in [0.717, 1.165) is 51.4 Å². The Bertz CT molecular complexity index is 321. The van der Waals surface area contributed by atoms with Crippen LogP contribution in [0.25, 0.3) is 0 Å². The minimum Gasteiger partial charge on any atom is -0.466 e. The first kappa shape index (κ1) is 26.9. The molecular weight excluding hydrogens is 352 g/mol. The highest BCUT2D eigenvalue weighted by Gasteiger charge is 2.05. The van der Waals surface area contributed by atoms with E-state index >= 15 is 0 Å². The highest BCUT2D eigenvalue weighted by molar-refractivity contribution is 5.69. The van der Waals surface area contributed by atoms with Crippen molar-refractivity contribution in [3.63, 3.8) is 0 Å². The van der Waals surface area contributed by atoms with Crippen LogP contribution in [0.4, 0.5) is 0 Å². The van der Waals surface area contributed by atoms with Gasteiger partial charge in [0.1, 0.15) is 0 Å². The van der Waals surface area contributed by atoms with E-state index in [1.54, 1.807) is 0 Å². The average molecular weight is 399 g/mol. The topological polar surface area (TPSA) is 52.6 Å². The molecule has 0 aromatic carbocycles. The van der Waals surface area contributed by atoms with Crippen molar-refractivity contribution >= 4 is 11.9 Å². The lowest BCUT2D eigenvalue weighted by molar-refractivity contribution is -0.145. The monoisotopic (exact) mass is 398 g/mol. The molecule has 4 heteroatoms. The largest absolute Gasteiger partial charge is 0.466 e.